The van der Waals surface area contributed by atoms with Crippen LogP contribution in [0.4, 0.5) is 0 Å². The molecule has 0 aliphatic carbocycles. The van der Waals surface area contributed by atoms with Gasteiger partial charge in [0.1, 0.15) is 5.76 Å². The van der Waals surface area contributed by atoms with Crippen molar-refractivity contribution < 1.29 is 9.52 Å². The predicted molar refractivity (Wildman–Crippen MR) is 52.5 cm³/mol. The topological polar surface area (TPSA) is 33.4 Å². The van der Waals surface area contributed by atoms with Gasteiger partial charge in [0.15, 0.2) is 0 Å². The fourth-order valence-corrected chi connectivity index (χ4v) is 1.29. The standard InChI is InChI=1S/C11H18O2/c1-9(2)5-6-10(12)8-11-4-3-7-13-11/h3-4,7,9-10,12H,5-6,8H2,1-2H3. The molecule has 0 aliphatic heterocycles. The van der Waals surface area contributed by atoms with Crippen LogP contribution in [0.5, 0.6) is 0 Å². The van der Waals surface area contributed by atoms with E-state index in [2.05, 4.69) is 13.8 Å². The summed E-state index contributed by atoms with van der Waals surface area (Å²) in [5.41, 5.74) is 0. The zero-order valence-electron chi connectivity index (χ0n) is 8.36. The molecule has 2 heteroatoms. The molecular weight excluding hydrogens is 164 g/mol. The normalized spacial score (nSPS) is 13.5. The van der Waals surface area contributed by atoms with Gasteiger partial charge in [0.05, 0.1) is 12.4 Å². The Kier molecular flexibility index (Phi) is 4.03. The smallest absolute Gasteiger partial charge is 0.106 e. The van der Waals surface area contributed by atoms with Gasteiger partial charge in [-0.3, -0.25) is 0 Å². The van der Waals surface area contributed by atoms with E-state index in [0.717, 1.165) is 18.6 Å². The molecule has 0 spiro atoms. The zero-order valence-corrected chi connectivity index (χ0v) is 8.36. The van der Waals surface area contributed by atoms with Crippen molar-refractivity contribution >= 4 is 0 Å². The van der Waals surface area contributed by atoms with Crippen LogP contribution in [0.2, 0.25) is 0 Å². The monoisotopic (exact) mass is 182 g/mol. The maximum Gasteiger partial charge on any atom is 0.106 e. The summed E-state index contributed by atoms with van der Waals surface area (Å²) in [4.78, 5) is 0. The van der Waals surface area contributed by atoms with E-state index in [9.17, 15) is 5.11 Å². The van der Waals surface area contributed by atoms with Gasteiger partial charge in [-0.25, -0.2) is 0 Å². The number of furan rings is 1. The molecule has 1 rings (SSSR count). The number of aliphatic hydroxyl groups is 1. The summed E-state index contributed by atoms with van der Waals surface area (Å²) in [5.74, 6) is 1.53. The molecule has 0 aliphatic rings. The van der Waals surface area contributed by atoms with Gasteiger partial charge in [-0.05, 0) is 30.9 Å². The highest BCUT2D eigenvalue weighted by atomic mass is 16.3. The molecule has 0 saturated heterocycles. The Hall–Kier alpha value is -0.760. The second-order valence-electron chi connectivity index (χ2n) is 3.91. The van der Waals surface area contributed by atoms with E-state index in [4.69, 9.17) is 4.42 Å². The Morgan fingerprint density at radius 3 is 2.69 bits per heavy atom. The minimum Gasteiger partial charge on any atom is -0.469 e. The summed E-state index contributed by atoms with van der Waals surface area (Å²) in [7, 11) is 0. The Morgan fingerprint density at radius 1 is 1.38 bits per heavy atom. The van der Waals surface area contributed by atoms with Crippen LogP contribution >= 0.6 is 0 Å². The zero-order chi connectivity index (χ0) is 9.68. The molecule has 1 aromatic heterocycles. The van der Waals surface area contributed by atoms with Crippen molar-refractivity contribution in [3.8, 4) is 0 Å². The molecule has 0 aromatic carbocycles. The van der Waals surface area contributed by atoms with Crippen molar-refractivity contribution in [3.05, 3.63) is 24.2 Å². The first-order chi connectivity index (χ1) is 6.18. The van der Waals surface area contributed by atoms with Crippen LogP contribution in [0.25, 0.3) is 0 Å². The molecule has 74 valence electrons. The molecule has 1 unspecified atom stereocenters. The van der Waals surface area contributed by atoms with Crippen molar-refractivity contribution in [1.29, 1.82) is 0 Å². The fourth-order valence-electron chi connectivity index (χ4n) is 1.29. The van der Waals surface area contributed by atoms with Crippen molar-refractivity contribution in [2.75, 3.05) is 0 Å². The Balaban J connectivity index is 2.22. The van der Waals surface area contributed by atoms with Gasteiger partial charge in [-0.1, -0.05) is 13.8 Å². The van der Waals surface area contributed by atoms with Crippen molar-refractivity contribution in [2.24, 2.45) is 5.92 Å². The van der Waals surface area contributed by atoms with E-state index in [1.807, 2.05) is 12.1 Å². The number of hydrogen-bond acceptors (Lipinski definition) is 2. The van der Waals surface area contributed by atoms with E-state index in [-0.39, 0.29) is 6.10 Å². The van der Waals surface area contributed by atoms with E-state index in [1.165, 1.54) is 0 Å². The summed E-state index contributed by atoms with van der Waals surface area (Å²) in [6.45, 7) is 4.33. The van der Waals surface area contributed by atoms with Crippen LogP contribution in [0.3, 0.4) is 0 Å². The number of aliphatic hydroxyl groups excluding tert-OH is 1. The van der Waals surface area contributed by atoms with E-state index in [0.29, 0.717) is 12.3 Å². The lowest BCUT2D eigenvalue weighted by molar-refractivity contribution is 0.150. The third-order valence-corrected chi connectivity index (χ3v) is 2.09. The molecule has 0 radical (unpaired) electrons. The van der Waals surface area contributed by atoms with Gasteiger partial charge in [-0.2, -0.15) is 0 Å². The molecular formula is C11H18O2. The summed E-state index contributed by atoms with van der Waals surface area (Å²) < 4.78 is 5.15. The highest BCUT2D eigenvalue weighted by Crippen LogP contribution is 2.11. The second kappa shape index (κ2) is 5.07. The Bertz CT molecular complexity index is 214. The summed E-state index contributed by atoms with van der Waals surface area (Å²) >= 11 is 0. The van der Waals surface area contributed by atoms with E-state index < -0.39 is 0 Å². The third kappa shape index (κ3) is 4.13. The molecule has 0 amide bonds. The van der Waals surface area contributed by atoms with Crippen molar-refractivity contribution in [1.82, 2.24) is 0 Å². The minimum atomic E-state index is -0.256. The van der Waals surface area contributed by atoms with Crippen LogP contribution in [0, 0.1) is 5.92 Å². The third-order valence-electron chi connectivity index (χ3n) is 2.09. The summed E-state index contributed by atoms with van der Waals surface area (Å²) in [6, 6.07) is 3.75. The lowest BCUT2D eigenvalue weighted by Crippen LogP contribution is -2.10. The molecule has 2 nitrogen and oxygen atoms in total. The minimum absolute atomic E-state index is 0.256. The van der Waals surface area contributed by atoms with Gasteiger partial charge in [0.2, 0.25) is 0 Å². The van der Waals surface area contributed by atoms with Crippen molar-refractivity contribution in [3.63, 3.8) is 0 Å². The van der Waals surface area contributed by atoms with E-state index in [1.54, 1.807) is 6.26 Å². The molecule has 0 fully saturated rings. The number of rotatable bonds is 5. The first kappa shape index (κ1) is 10.3. The highest BCUT2D eigenvalue weighted by molar-refractivity contribution is 4.99. The van der Waals surface area contributed by atoms with Crippen LogP contribution in [-0.4, -0.2) is 11.2 Å². The maximum atomic E-state index is 9.61. The Morgan fingerprint density at radius 2 is 2.15 bits per heavy atom. The molecule has 1 atom stereocenters. The largest absolute Gasteiger partial charge is 0.469 e. The van der Waals surface area contributed by atoms with Gasteiger partial charge in [-0.15, -0.1) is 0 Å². The average Bonchev–Trinajstić information content (AvgIpc) is 2.53. The highest BCUT2D eigenvalue weighted by Gasteiger charge is 2.07. The molecule has 1 aromatic rings. The summed E-state index contributed by atoms with van der Waals surface area (Å²) in [5, 5.41) is 9.61. The van der Waals surface area contributed by atoms with Crippen LogP contribution in [-0.2, 0) is 6.42 Å². The van der Waals surface area contributed by atoms with Crippen LogP contribution in [0.15, 0.2) is 22.8 Å². The molecule has 1 N–H and O–H groups in total. The molecule has 0 bridgehead atoms. The molecule has 0 saturated carbocycles. The quantitative estimate of drug-likeness (QED) is 0.759. The lowest BCUT2D eigenvalue weighted by atomic mass is 10.0. The predicted octanol–water partition coefficient (Wildman–Crippen LogP) is 2.62. The van der Waals surface area contributed by atoms with E-state index >= 15 is 0 Å². The first-order valence-corrected chi connectivity index (χ1v) is 4.89. The van der Waals surface area contributed by atoms with Gasteiger partial charge < -0.3 is 9.52 Å². The van der Waals surface area contributed by atoms with Gasteiger partial charge >= 0.3 is 0 Å². The first-order valence-electron chi connectivity index (χ1n) is 4.89. The Labute approximate surface area is 79.6 Å². The van der Waals surface area contributed by atoms with Gasteiger partial charge in [0, 0.05) is 6.42 Å². The lowest BCUT2D eigenvalue weighted by Gasteiger charge is -2.10. The van der Waals surface area contributed by atoms with Crippen molar-refractivity contribution in [2.45, 2.75) is 39.2 Å². The van der Waals surface area contributed by atoms with Gasteiger partial charge in [0.25, 0.3) is 0 Å². The fraction of sp³-hybridized carbons (Fsp3) is 0.636. The molecule has 1 heterocycles. The van der Waals surface area contributed by atoms with Crippen LogP contribution < -0.4 is 0 Å². The second-order valence-corrected chi connectivity index (χ2v) is 3.91. The summed E-state index contributed by atoms with van der Waals surface area (Å²) in [6.07, 6.45) is 3.96. The SMILES string of the molecule is CC(C)CCC(O)Cc1ccco1. The van der Waals surface area contributed by atoms with Crippen LogP contribution in [0.1, 0.15) is 32.4 Å². The number of hydrogen-bond donors (Lipinski definition) is 1. The molecule has 13 heavy (non-hydrogen) atoms. The average molecular weight is 182 g/mol. The maximum absolute atomic E-state index is 9.61.